The maximum absolute atomic E-state index is 6.06. The topological polar surface area (TPSA) is 55.3 Å². The van der Waals surface area contributed by atoms with E-state index in [2.05, 4.69) is 28.2 Å². The standard InChI is InChI=1S/C22H35N3O3.HI/c1-18-7-3-4-9-21(18)27-16-6-12-24-22(23-2)25-13-10-19(11-14-25)28-17-20-8-5-15-26-20;/h3-4,7,9,19-20H,5-6,8,10-17H2,1-2H3,(H,23,24);1H. The molecule has 0 bridgehead atoms. The van der Waals surface area contributed by atoms with E-state index in [1.807, 2.05) is 25.2 Å². The van der Waals surface area contributed by atoms with Gasteiger partial charge in [0.1, 0.15) is 5.75 Å². The van der Waals surface area contributed by atoms with Crippen LogP contribution in [0.2, 0.25) is 0 Å². The summed E-state index contributed by atoms with van der Waals surface area (Å²) in [5.74, 6) is 1.95. The monoisotopic (exact) mass is 517 g/mol. The van der Waals surface area contributed by atoms with Crippen LogP contribution < -0.4 is 10.1 Å². The van der Waals surface area contributed by atoms with E-state index in [9.17, 15) is 0 Å². The molecule has 1 unspecified atom stereocenters. The first-order chi connectivity index (χ1) is 13.8. The number of ether oxygens (including phenoxy) is 3. The van der Waals surface area contributed by atoms with Crippen LogP contribution in [0.4, 0.5) is 0 Å². The molecule has 0 saturated carbocycles. The molecule has 1 atom stereocenters. The van der Waals surface area contributed by atoms with Gasteiger partial charge in [-0.1, -0.05) is 18.2 Å². The minimum atomic E-state index is 0. The van der Waals surface area contributed by atoms with E-state index < -0.39 is 0 Å². The van der Waals surface area contributed by atoms with Crippen LogP contribution in [0.1, 0.15) is 37.7 Å². The van der Waals surface area contributed by atoms with E-state index >= 15 is 0 Å². The third-order valence-corrected chi connectivity index (χ3v) is 5.45. The first-order valence-corrected chi connectivity index (χ1v) is 10.6. The van der Waals surface area contributed by atoms with Crippen LogP contribution in [0.3, 0.4) is 0 Å². The predicted octanol–water partition coefficient (Wildman–Crippen LogP) is 3.62. The van der Waals surface area contributed by atoms with Crippen LogP contribution in [-0.4, -0.2) is 69.6 Å². The highest BCUT2D eigenvalue weighted by Crippen LogP contribution is 2.18. The van der Waals surface area contributed by atoms with Crippen molar-refractivity contribution in [3.05, 3.63) is 29.8 Å². The van der Waals surface area contributed by atoms with Gasteiger partial charge in [0.05, 0.1) is 25.4 Å². The zero-order valence-corrected chi connectivity index (χ0v) is 20.1. The number of para-hydroxylation sites is 1. The van der Waals surface area contributed by atoms with Gasteiger partial charge in [0.15, 0.2) is 5.96 Å². The van der Waals surface area contributed by atoms with Gasteiger partial charge in [-0.25, -0.2) is 0 Å². The Morgan fingerprint density at radius 3 is 2.72 bits per heavy atom. The second-order valence-corrected chi connectivity index (χ2v) is 7.60. The van der Waals surface area contributed by atoms with Gasteiger partial charge < -0.3 is 24.4 Å². The number of likely N-dealkylation sites (tertiary alicyclic amines) is 1. The second kappa shape index (κ2) is 13.3. The fraction of sp³-hybridized carbons (Fsp3) is 0.682. The lowest BCUT2D eigenvalue weighted by Gasteiger charge is -2.34. The molecule has 164 valence electrons. The van der Waals surface area contributed by atoms with E-state index in [1.54, 1.807) is 0 Å². The molecule has 3 rings (SSSR count). The number of nitrogens with zero attached hydrogens (tertiary/aromatic N) is 2. The van der Waals surface area contributed by atoms with Gasteiger partial charge in [0.25, 0.3) is 0 Å². The number of aryl methyl sites for hydroxylation is 1. The van der Waals surface area contributed by atoms with Crippen LogP contribution in [0.25, 0.3) is 0 Å². The minimum Gasteiger partial charge on any atom is -0.493 e. The molecule has 2 aliphatic rings. The van der Waals surface area contributed by atoms with Crippen molar-refractivity contribution in [1.82, 2.24) is 10.2 Å². The lowest BCUT2D eigenvalue weighted by atomic mass is 10.1. The molecule has 0 amide bonds. The maximum atomic E-state index is 6.06. The number of hydrogen-bond acceptors (Lipinski definition) is 4. The average molecular weight is 517 g/mol. The first kappa shape index (κ1) is 24.2. The van der Waals surface area contributed by atoms with Crippen molar-refractivity contribution in [2.24, 2.45) is 4.99 Å². The van der Waals surface area contributed by atoms with Crippen LogP contribution >= 0.6 is 24.0 Å². The van der Waals surface area contributed by atoms with Crippen molar-refractivity contribution >= 4 is 29.9 Å². The van der Waals surface area contributed by atoms with E-state index in [0.717, 1.165) is 70.2 Å². The summed E-state index contributed by atoms with van der Waals surface area (Å²) >= 11 is 0. The van der Waals surface area contributed by atoms with E-state index in [1.165, 1.54) is 12.0 Å². The zero-order chi connectivity index (χ0) is 19.6. The molecule has 1 N–H and O–H groups in total. The quantitative estimate of drug-likeness (QED) is 0.247. The van der Waals surface area contributed by atoms with Gasteiger partial charge in [-0.2, -0.15) is 0 Å². The molecular formula is C22H36IN3O3. The Hall–Kier alpha value is -1.06. The second-order valence-electron chi connectivity index (χ2n) is 7.60. The molecule has 2 saturated heterocycles. The summed E-state index contributed by atoms with van der Waals surface area (Å²) in [6, 6.07) is 8.14. The molecule has 7 heteroatoms. The summed E-state index contributed by atoms with van der Waals surface area (Å²) in [4.78, 5) is 6.77. The summed E-state index contributed by atoms with van der Waals surface area (Å²) in [5, 5.41) is 3.47. The van der Waals surface area contributed by atoms with Crippen LogP contribution in [0, 0.1) is 6.92 Å². The Morgan fingerprint density at radius 1 is 1.24 bits per heavy atom. The van der Waals surface area contributed by atoms with E-state index in [-0.39, 0.29) is 24.0 Å². The van der Waals surface area contributed by atoms with E-state index in [4.69, 9.17) is 14.2 Å². The Balaban J connectivity index is 0.00000300. The van der Waals surface area contributed by atoms with Gasteiger partial charge in [0.2, 0.25) is 0 Å². The largest absolute Gasteiger partial charge is 0.493 e. The lowest BCUT2D eigenvalue weighted by Crippen LogP contribution is -2.47. The van der Waals surface area contributed by atoms with Crippen molar-refractivity contribution in [3.8, 4) is 5.75 Å². The first-order valence-electron chi connectivity index (χ1n) is 10.6. The average Bonchev–Trinajstić information content (AvgIpc) is 3.25. The molecule has 6 nitrogen and oxygen atoms in total. The Morgan fingerprint density at radius 2 is 2.03 bits per heavy atom. The molecule has 0 spiro atoms. The van der Waals surface area contributed by atoms with Crippen LogP contribution in [0.5, 0.6) is 5.75 Å². The number of guanidine groups is 1. The maximum Gasteiger partial charge on any atom is 0.193 e. The summed E-state index contributed by atoms with van der Waals surface area (Å²) in [6.07, 6.45) is 6.01. The minimum absolute atomic E-state index is 0. The Labute approximate surface area is 192 Å². The van der Waals surface area contributed by atoms with Gasteiger partial charge in [-0.15, -0.1) is 24.0 Å². The van der Waals surface area contributed by atoms with Crippen LogP contribution in [0.15, 0.2) is 29.3 Å². The normalized spacial score (nSPS) is 20.4. The van der Waals surface area contributed by atoms with Crippen molar-refractivity contribution in [2.75, 3.05) is 46.5 Å². The fourth-order valence-electron chi connectivity index (χ4n) is 3.76. The number of piperidine rings is 1. The highest BCUT2D eigenvalue weighted by atomic mass is 127. The van der Waals surface area contributed by atoms with Gasteiger partial charge in [-0.3, -0.25) is 4.99 Å². The molecule has 2 fully saturated rings. The molecule has 0 radical (unpaired) electrons. The van der Waals surface area contributed by atoms with Crippen molar-refractivity contribution < 1.29 is 14.2 Å². The number of nitrogens with one attached hydrogen (secondary N) is 1. The summed E-state index contributed by atoms with van der Waals surface area (Å²) in [6.45, 7) is 7.24. The number of benzene rings is 1. The van der Waals surface area contributed by atoms with Gasteiger partial charge in [0, 0.05) is 33.3 Å². The molecule has 2 aliphatic heterocycles. The summed E-state index contributed by atoms with van der Waals surface area (Å²) in [7, 11) is 1.85. The number of rotatable bonds is 8. The fourth-order valence-corrected chi connectivity index (χ4v) is 3.76. The smallest absolute Gasteiger partial charge is 0.193 e. The molecule has 0 aliphatic carbocycles. The van der Waals surface area contributed by atoms with Gasteiger partial charge in [-0.05, 0) is 50.7 Å². The SMILES string of the molecule is CN=C(NCCCOc1ccccc1C)N1CCC(OCC2CCCO2)CC1.I. The van der Waals surface area contributed by atoms with Crippen molar-refractivity contribution in [3.63, 3.8) is 0 Å². The van der Waals surface area contributed by atoms with E-state index in [0.29, 0.717) is 18.8 Å². The van der Waals surface area contributed by atoms with Crippen molar-refractivity contribution in [2.45, 2.75) is 51.2 Å². The summed E-state index contributed by atoms with van der Waals surface area (Å²) in [5.41, 5.74) is 1.18. The number of halogens is 1. The third-order valence-electron chi connectivity index (χ3n) is 5.45. The summed E-state index contributed by atoms with van der Waals surface area (Å²) < 4.78 is 17.6. The Kier molecular flexibility index (Phi) is 11.1. The predicted molar refractivity (Wildman–Crippen MR) is 128 cm³/mol. The highest BCUT2D eigenvalue weighted by Gasteiger charge is 2.24. The van der Waals surface area contributed by atoms with Crippen molar-refractivity contribution in [1.29, 1.82) is 0 Å². The molecule has 1 aromatic carbocycles. The number of aliphatic imine (C=N–C) groups is 1. The highest BCUT2D eigenvalue weighted by molar-refractivity contribution is 14.0. The number of hydrogen-bond donors (Lipinski definition) is 1. The third kappa shape index (κ3) is 7.94. The zero-order valence-electron chi connectivity index (χ0n) is 17.8. The molecule has 2 heterocycles. The molecule has 29 heavy (non-hydrogen) atoms. The Bertz CT molecular complexity index is 615. The molecule has 1 aromatic rings. The van der Waals surface area contributed by atoms with Gasteiger partial charge >= 0.3 is 0 Å². The van der Waals surface area contributed by atoms with Crippen LogP contribution in [-0.2, 0) is 9.47 Å². The lowest BCUT2D eigenvalue weighted by molar-refractivity contribution is -0.0367. The molecular weight excluding hydrogens is 481 g/mol. The molecule has 0 aromatic heterocycles.